The molecule has 1 aromatic carbocycles. The van der Waals surface area contributed by atoms with Gasteiger partial charge in [-0.15, -0.1) is 24.0 Å². The lowest BCUT2D eigenvalue weighted by atomic mass is 10.2. The summed E-state index contributed by atoms with van der Waals surface area (Å²) in [5.74, 6) is 1.57. The fraction of sp³-hybridized carbons (Fsp3) is 0.500. The summed E-state index contributed by atoms with van der Waals surface area (Å²) < 4.78 is 0. The molecule has 0 aliphatic heterocycles. The van der Waals surface area contributed by atoms with Gasteiger partial charge in [-0.2, -0.15) is 0 Å². The highest BCUT2D eigenvalue weighted by Gasteiger charge is 2.02. The van der Waals surface area contributed by atoms with E-state index in [-0.39, 0.29) is 24.0 Å². The van der Waals surface area contributed by atoms with Gasteiger partial charge >= 0.3 is 0 Å². The van der Waals surface area contributed by atoms with Gasteiger partial charge in [-0.25, -0.2) is 4.99 Å². The van der Waals surface area contributed by atoms with E-state index in [9.17, 15) is 0 Å². The Hall–Kier alpha value is -0.780. The van der Waals surface area contributed by atoms with Crippen LogP contribution in [-0.2, 0) is 6.54 Å². The molecule has 0 aliphatic rings. The van der Waals surface area contributed by atoms with Gasteiger partial charge in [-0.05, 0) is 11.5 Å². The van der Waals surface area contributed by atoms with Crippen LogP contribution in [0, 0.1) is 5.92 Å². The lowest BCUT2D eigenvalue weighted by Gasteiger charge is -2.18. The van der Waals surface area contributed by atoms with Crippen molar-refractivity contribution in [3.05, 3.63) is 35.9 Å². The molecule has 3 nitrogen and oxygen atoms in total. The standard InChI is InChI=1S/C14H23N3.HI/c1-12(2)10-15-14(17(3)4)16-11-13-8-6-5-7-9-13;/h5-9,12H,10-11H2,1-4H3,(H,15,16);1H. The van der Waals surface area contributed by atoms with Gasteiger partial charge in [-0.1, -0.05) is 44.2 Å². The van der Waals surface area contributed by atoms with Crippen LogP contribution in [0.15, 0.2) is 35.3 Å². The third kappa shape index (κ3) is 6.83. The van der Waals surface area contributed by atoms with Gasteiger partial charge < -0.3 is 10.2 Å². The third-order valence-corrected chi connectivity index (χ3v) is 2.35. The van der Waals surface area contributed by atoms with Gasteiger partial charge in [0.2, 0.25) is 0 Å². The van der Waals surface area contributed by atoms with E-state index in [4.69, 9.17) is 0 Å². The molecule has 0 bridgehead atoms. The Labute approximate surface area is 128 Å². The summed E-state index contributed by atoms with van der Waals surface area (Å²) in [7, 11) is 4.02. The van der Waals surface area contributed by atoms with Crippen molar-refractivity contribution in [2.24, 2.45) is 10.9 Å². The van der Waals surface area contributed by atoms with Crippen molar-refractivity contribution < 1.29 is 0 Å². The van der Waals surface area contributed by atoms with Gasteiger partial charge in [0.1, 0.15) is 0 Å². The number of hydrogen-bond acceptors (Lipinski definition) is 1. The molecule has 0 heterocycles. The Morgan fingerprint density at radius 2 is 1.83 bits per heavy atom. The van der Waals surface area contributed by atoms with E-state index in [1.807, 2.05) is 37.2 Å². The van der Waals surface area contributed by atoms with Crippen molar-refractivity contribution in [1.29, 1.82) is 0 Å². The number of guanidine groups is 1. The number of rotatable bonds is 4. The molecular weight excluding hydrogens is 337 g/mol. The quantitative estimate of drug-likeness (QED) is 0.507. The molecule has 4 heteroatoms. The first-order valence-electron chi connectivity index (χ1n) is 6.09. The predicted molar refractivity (Wildman–Crippen MR) is 89.5 cm³/mol. The highest BCUT2D eigenvalue weighted by Crippen LogP contribution is 2.00. The first-order valence-corrected chi connectivity index (χ1v) is 6.09. The molecule has 0 saturated heterocycles. The Morgan fingerprint density at radius 3 is 2.33 bits per heavy atom. The minimum Gasteiger partial charge on any atom is -0.356 e. The molecule has 0 radical (unpaired) electrons. The van der Waals surface area contributed by atoms with E-state index in [2.05, 4.69) is 36.3 Å². The Balaban J connectivity index is 0.00000289. The number of benzene rings is 1. The van der Waals surface area contributed by atoms with Crippen molar-refractivity contribution in [2.75, 3.05) is 20.6 Å². The predicted octanol–water partition coefficient (Wildman–Crippen LogP) is 2.97. The molecule has 0 atom stereocenters. The van der Waals surface area contributed by atoms with Crippen LogP contribution in [0.1, 0.15) is 19.4 Å². The zero-order valence-corrected chi connectivity index (χ0v) is 14.0. The maximum Gasteiger partial charge on any atom is 0.193 e. The molecule has 0 fully saturated rings. The van der Waals surface area contributed by atoms with E-state index in [1.54, 1.807) is 0 Å². The van der Waals surface area contributed by atoms with Crippen molar-refractivity contribution in [1.82, 2.24) is 10.2 Å². The zero-order valence-electron chi connectivity index (χ0n) is 11.7. The van der Waals surface area contributed by atoms with Crippen LogP contribution in [0.25, 0.3) is 0 Å². The first kappa shape index (κ1) is 17.2. The molecule has 1 N–H and O–H groups in total. The highest BCUT2D eigenvalue weighted by molar-refractivity contribution is 14.0. The second-order valence-corrected chi connectivity index (χ2v) is 4.79. The Bertz CT molecular complexity index is 347. The molecule has 102 valence electrons. The van der Waals surface area contributed by atoms with E-state index in [1.165, 1.54) is 5.56 Å². The molecule has 0 aromatic heterocycles. The van der Waals surface area contributed by atoms with Gasteiger partial charge in [0.15, 0.2) is 5.96 Å². The number of halogens is 1. The summed E-state index contributed by atoms with van der Waals surface area (Å²) in [6.07, 6.45) is 0. The van der Waals surface area contributed by atoms with Gasteiger partial charge in [-0.3, -0.25) is 0 Å². The fourth-order valence-corrected chi connectivity index (χ4v) is 1.40. The molecule has 18 heavy (non-hydrogen) atoms. The van der Waals surface area contributed by atoms with Crippen LogP contribution in [0.4, 0.5) is 0 Å². The van der Waals surface area contributed by atoms with E-state index >= 15 is 0 Å². The number of nitrogens with one attached hydrogen (secondary N) is 1. The van der Waals surface area contributed by atoms with Crippen LogP contribution in [-0.4, -0.2) is 31.5 Å². The van der Waals surface area contributed by atoms with Gasteiger partial charge in [0.25, 0.3) is 0 Å². The normalized spacial score (nSPS) is 11.1. The highest BCUT2D eigenvalue weighted by atomic mass is 127. The fourth-order valence-electron chi connectivity index (χ4n) is 1.40. The zero-order chi connectivity index (χ0) is 12.7. The maximum atomic E-state index is 4.60. The molecule has 0 unspecified atom stereocenters. The largest absolute Gasteiger partial charge is 0.356 e. The van der Waals surface area contributed by atoms with Crippen LogP contribution < -0.4 is 5.32 Å². The van der Waals surface area contributed by atoms with E-state index in [0.717, 1.165) is 19.0 Å². The monoisotopic (exact) mass is 361 g/mol. The van der Waals surface area contributed by atoms with Gasteiger partial charge in [0, 0.05) is 20.6 Å². The number of nitrogens with zero attached hydrogens (tertiary/aromatic N) is 2. The summed E-state index contributed by atoms with van der Waals surface area (Å²) in [5, 5.41) is 3.36. The molecule has 0 spiro atoms. The average Bonchev–Trinajstić information content (AvgIpc) is 2.29. The van der Waals surface area contributed by atoms with Crippen LogP contribution in [0.5, 0.6) is 0 Å². The first-order chi connectivity index (χ1) is 8.09. The number of hydrogen-bond donors (Lipinski definition) is 1. The Kier molecular flexibility index (Phi) is 8.79. The summed E-state index contributed by atoms with van der Waals surface area (Å²) in [5.41, 5.74) is 1.23. The van der Waals surface area contributed by atoms with Crippen molar-refractivity contribution in [3.63, 3.8) is 0 Å². The van der Waals surface area contributed by atoms with Crippen LogP contribution >= 0.6 is 24.0 Å². The molecule has 1 aromatic rings. The third-order valence-electron chi connectivity index (χ3n) is 2.35. The lowest BCUT2D eigenvalue weighted by Crippen LogP contribution is -2.38. The number of aliphatic imine (C=N–C) groups is 1. The second-order valence-electron chi connectivity index (χ2n) is 4.79. The molecule has 0 saturated carbocycles. The van der Waals surface area contributed by atoms with Crippen LogP contribution in [0.3, 0.4) is 0 Å². The molecular formula is C14H24IN3. The molecule has 0 amide bonds. The summed E-state index contributed by atoms with van der Waals surface area (Å²) in [6.45, 7) is 6.06. The second kappa shape index (κ2) is 9.19. The summed E-state index contributed by atoms with van der Waals surface area (Å²) in [6, 6.07) is 10.3. The average molecular weight is 361 g/mol. The molecule has 1 rings (SSSR count). The van der Waals surface area contributed by atoms with E-state index < -0.39 is 0 Å². The smallest absolute Gasteiger partial charge is 0.193 e. The maximum absolute atomic E-state index is 4.60. The summed E-state index contributed by atoms with van der Waals surface area (Å²) >= 11 is 0. The van der Waals surface area contributed by atoms with Crippen molar-refractivity contribution in [2.45, 2.75) is 20.4 Å². The van der Waals surface area contributed by atoms with Crippen LogP contribution in [0.2, 0.25) is 0 Å². The SMILES string of the molecule is CC(C)CNC(=NCc1ccccc1)N(C)C.I. The lowest BCUT2D eigenvalue weighted by molar-refractivity contribution is 0.546. The topological polar surface area (TPSA) is 27.6 Å². The molecule has 0 aliphatic carbocycles. The minimum atomic E-state index is 0. The minimum absolute atomic E-state index is 0. The van der Waals surface area contributed by atoms with Crippen molar-refractivity contribution in [3.8, 4) is 0 Å². The summed E-state index contributed by atoms with van der Waals surface area (Å²) in [4.78, 5) is 6.62. The van der Waals surface area contributed by atoms with Gasteiger partial charge in [0.05, 0.1) is 6.54 Å². The van der Waals surface area contributed by atoms with Crippen molar-refractivity contribution >= 4 is 29.9 Å². The van der Waals surface area contributed by atoms with E-state index in [0.29, 0.717) is 5.92 Å². The Morgan fingerprint density at radius 1 is 1.22 bits per heavy atom.